The molecule has 2 aliphatic carbocycles. The van der Waals surface area contributed by atoms with Gasteiger partial charge in [-0.25, -0.2) is 18.2 Å². The Bertz CT molecular complexity index is 2500. The number of rotatable bonds is 11. The van der Waals surface area contributed by atoms with Gasteiger partial charge in [-0.3, -0.25) is 29.0 Å². The maximum Gasteiger partial charge on any atom is 0.411 e. The van der Waals surface area contributed by atoms with E-state index in [9.17, 15) is 41.1 Å². The van der Waals surface area contributed by atoms with Gasteiger partial charge >= 0.3 is 12.3 Å². The number of fused-ring (bicyclic) bond motifs is 2. The Balaban J connectivity index is 1.30. The van der Waals surface area contributed by atoms with Crippen molar-refractivity contribution in [1.29, 1.82) is 0 Å². The molecule has 4 amide bonds. The van der Waals surface area contributed by atoms with E-state index in [1.54, 1.807) is 54.9 Å². The molecule has 2 saturated carbocycles. The molecule has 3 aromatic rings. The van der Waals surface area contributed by atoms with Crippen LogP contribution in [0.25, 0.3) is 22.5 Å². The van der Waals surface area contributed by atoms with Gasteiger partial charge in [0.2, 0.25) is 21.8 Å². The molecule has 362 valence electrons. The maximum absolute atomic E-state index is 15.2. The molecule has 7 rings (SSSR count). The molecule has 4 heterocycles. The van der Waals surface area contributed by atoms with Gasteiger partial charge < -0.3 is 24.8 Å². The zero-order chi connectivity index (χ0) is 48.9. The van der Waals surface area contributed by atoms with Crippen LogP contribution in [0.2, 0.25) is 0 Å². The predicted octanol–water partition coefficient (Wildman–Crippen LogP) is 7.52. The lowest BCUT2D eigenvalue weighted by Gasteiger charge is -2.45. The summed E-state index contributed by atoms with van der Waals surface area (Å²) in [6.07, 6.45) is 0.217. The minimum Gasteiger partial charge on any atom is -0.491 e. The topological polar surface area (TPSA) is 197 Å². The van der Waals surface area contributed by atoms with Crippen LogP contribution in [0.1, 0.15) is 93.4 Å². The number of ether oxygens (including phenoxy) is 2. The Morgan fingerprint density at radius 3 is 2.28 bits per heavy atom. The van der Waals surface area contributed by atoms with Crippen LogP contribution >= 0.6 is 0 Å². The van der Waals surface area contributed by atoms with Crippen LogP contribution in [0.4, 0.5) is 18.0 Å². The highest BCUT2D eigenvalue weighted by Crippen LogP contribution is 2.48. The lowest BCUT2D eigenvalue weighted by Crippen LogP contribution is -2.66. The van der Waals surface area contributed by atoms with E-state index in [2.05, 4.69) is 15.0 Å². The highest BCUT2D eigenvalue weighted by Gasteiger charge is 2.64. The highest BCUT2D eigenvalue weighted by molar-refractivity contribution is 7.91. The minimum absolute atomic E-state index is 0.0389. The highest BCUT2D eigenvalue weighted by atomic mass is 32.2. The Labute approximate surface area is 388 Å². The number of halogens is 3. The van der Waals surface area contributed by atoms with Crippen molar-refractivity contribution in [3.63, 3.8) is 0 Å². The number of alkyl halides is 3. The largest absolute Gasteiger partial charge is 0.491 e. The van der Waals surface area contributed by atoms with Crippen LogP contribution in [0.15, 0.2) is 73.1 Å². The zero-order valence-electron chi connectivity index (χ0n) is 38.7. The summed E-state index contributed by atoms with van der Waals surface area (Å²) in [7, 11) is -4.15. The summed E-state index contributed by atoms with van der Waals surface area (Å²) in [4.78, 5) is 67.6. The van der Waals surface area contributed by atoms with Gasteiger partial charge in [-0.2, -0.15) is 13.2 Å². The molecule has 0 spiro atoms. The second-order valence-electron chi connectivity index (χ2n) is 19.6. The Kier molecular flexibility index (Phi) is 13.5. The van der Waals surface area contributed by atoms with Crippen LogP contribution in [0.3, 0.4) is 0 Å². The maximum atomic E-state index is 15.2. The van der Waals surface area contributed by atoms with Gasteiger partial charge in [-0.05, 0) is 121 Å². The van der Waals surface area contributed by atoms with E-state index in [1.165, 1.54) is 13.8 Å². The normalized spacial score (nSPS) is 26.6. The number of hydrogen-bond donors (Lipinski definition) is 3. The average Bonchev–Trinajstić information content (AvgIpc) is 4.13. The number of nitrogens with one attached hydrogen (secondary N) is 2. The van der Waals surface area contributed by atoms with Crippen molar-refractivity contribution >= 4 is 33.8 Å². The van der Waals surface area contributed by atoms with Crippen molar-refractivity contribution in [2.45, 2.75) is 140 Å². The molecule has 3 fully saturated rings. The number of sulfonamides is 1. The van der Waals surface area contributed by atoms with Crippen LogP contribution in [-0.2, 0) is 24.4 Å². The lowest BCUT2D eigenvalue weighted by atomic mass is 9.85. The first-order valence-corrected chi connectivity index (χ1v) is 24.2. The number of carboxylic acid groups (broad SMARTS) is 1. The Hall–Kier alpha value is -5.72. The van der Waals surface area contributed by atoms with E-state index < -0.39 is 85.9 Å². The van der Waals surface area contributed by atoms with Gasteiger partial charge in [-0.1, -0.05) is 26.0 Å². The summed E-state index contributed by atoms with van der Waals surface area (Å²) in [6, 6.07) is 10.7. The summed E-state index contributed by atoms with van der Waals surface area (Å²) in [5.41, 5.74) is -2.50. The predicted molar refractivity (Wildman–Crippen MR) is 242 cm³/mol. The SMILES string of the molecule is CC(C)Oc1ccc(-c2cc(O[C@@H]3C[C@H]4C(=O)N[C@]5(C(=O)NS(=O)(=O)C6(C)CC6)C[C@H]5C=CCC[C@H](C)C[C@@H](C)[C@H](N(C(=O)O)C(C)(C)C(F)(F)F)C(=O)N4C3)cc(-c3cccnc3)n2)cc1. The van der Waals surface area contributed by atoms with Gasteiger partial charge in [0, 0.05) is 48.0 Å². The molecule has 0 bridgehead atoms. The number of nitrogens with zero attached hydrogens (tertiary/aromatic N) is 4. The number of hydrogen-bond acceptors (Lipinski definition) is 10. The molecular weight excluding hydrogens is 894 g/mol. The van der Waals surface area contributed by atoms with E-state index in [1.807, 2.05) is 39.0 Å². The zero-order valence-corrected chi connectivity index (χ0v) is 39.5. The third kappa shape index (κ3) is 10.3. The smallest absolute Gasteiger partial charge is 0.411 e. The number of carbonyl (C=O) groups is 4. The first-order valence-electron chi connectivity index (χ1n) is 22.7. The van der Waals surface area contributed by atoms with Gasteiger partial charge in [0.1, 0.15) is 40.8 Å². The van der Waals surface area contributed by atoms with Crippen LogP contribution < -0.4 is 19.5 Å². The number of aromatic nitrogens is 2. The van der Waals surface area contributed by atoms with Crippen LogP contribution in [0.5, 0.6) is 11.5 Å². The number of carbonyl (C=O) groups excluding carboxylic acids is 3. The van der Waals surface area contributed by atoms with Crippen molar-refractivity contribution in [2.75, 3.05) is 6.54 Å². The quantitative estimate of drug-likeness (QED) is 0.161. The molecule has 19 heteroatoms. The Morgan fingerprint density at radius 2 is 1.69 bits per heavy atom. The summed E-state index contributed by atoms with van der Waals surface area (Å²) < 4.78 is 84.8. The van der Waals surface area contributed by atoms with E-state index in [4.69, 9.17) is 14.5 Å². The molecule has 0 radical (unpaired) electrons. The van der Waals surface area contributed by atoms with E-state index in [0.29, 0.717) is 67.8 Å². The van der Waals surface area contributed by atoms with Gasteiger partial charge in [-0.15, -0.1) is 0 Å². The van der Waals surface area contributed by atoms with E-state index in [0.717, 1.165) is 4.90 Å². The molecule has 3 N–H and O–H groups in total. The second kappa shape index (κ2) is 18.4. The summed E-state index contributed by atoms with van der Waals surface area (Å²) in [6.45, 7) is 9.75. The molecule has 0 unspecified atom stereocenters. The number of allylic oxidation sites excluding steroid dienone is 1. The fourth-order valence-corrected chi connectivity index (χ4v) is 10.4. The number of amides is 4. The molecule has 4 aliphatic rings. The van der Waals surface area contributed by atoms with Gasteiger partial charge in [0.25, 0.3) is 5.91 Å². The van der Waals surface area contributed by atoms with E-state index >= 15 is 4.79 Å². The molecule has 67 heavy (non-hydrogen) atoms. The summed E-state index contributed by atoms with van der Waals surface area (Å²) in [5, 5.41) is 13.4. The number of pyridine rings is 2. The summed E-state index contributed by atoms with van der Waals surface area (Å²) in [5.74, 6) is -3.78. The first-order chi connectivity index (χ1) is 31.4. The van der Waals surface area contributed by atoms with Crippen LogP contribution in [-0.4, -0.2) is 110 Å². The van der Waals surface area contributed by atoms with E-state index in [-0.39, 0.29) is 48.5 Å². The lowest BCUT2D eigenvalue weighted by molar-refractivity contribution is -0.222. The third-order valence-corrected chi connectivity index (χ3v) is 15.7. The summed E-state index contributed by atoms with van der Waals surface area (Å²) >= 11 is 0. The fourth-order valence-electron chi connectivity index (χ4n) is 9.14. The minimum atomic E-state index is -5.11. The Morgan fingerprint density at radius 1 is 1.01 bits per heavy atom. The first kappa shape index (κ1) is 49.2. The third-order valence-electron chi connectivity index (χ3n) is 13.6. The van der Waals surface area contributed by atoms with Crippen molar-refractivity contribution < 1.29 is 55.3 Å². The van der Waals surface area contributed by atoms with Crippen molar-refractivity contribution in [1.82, 2.24) is 29.8 Å². The van der Waals surface area contributed by atoms with Gasteiger partial charge in [0.05, 0.1) is 28.8 Å². The molecular formula is C48H59F3N6O9S. The van der Waals surface area contributed by atoms with Crippen molar-refractivity contribution in [3.05, 3.63) is 73.1 Å². The molecule has 2 aromatic heterocycles. The second-order valence-corrected chi connectivity index (χ2v) is 21.8. The molecule has 1 saturated heterocycles. The monoisotopic (exact) mass is 952 g/mol. The number of benzene rings is 1. The van der Waals surface area contributed by atoms with Crippen molar-refractivity contribution in [3.8, 4) is 34.0 Å². The standard InChI is InChI=1S/C48H59F3N6O9S/c1-28(2)65-34-16-14-31(15-17-34)37-22-35(23-38(53-37)32-12-10-20-52-26-32)66-36-24-39-41(58)54-47(43(60)55-67(63,64)46(7)18-19-46)25-33(47)13-9-8-11-29(3)21-30(4)40(42(59)56(39)27-36)57(44(61)62)45(5,6)48(49,50)51/h9-10,12-17,20,22-23,26,28-30,33,36,39-40H,8,11,18-19,21,24-25,27H2,1-7H3,(H,54,58)(H,55,60)(H,61,62)/t29-,30+,33+,36+,39-,40-,47+/m0/s1. The van der Waals surface area contributed by atoms with Gasteiger partial charge in [0.15, 0.2) is 0 Å². The molecule has 2 aliphatic heterocycles. The van der Waals surface area contributed by atoms with Crippen LogP contribution in [0, 0.1) is 17.8 Å². The molecule has 15 nitrogen and oxygen atoms in total. The fraction of sp³-hybridized carbons (Fsp3) is 0.542. The average molecular weight is 953 g/mol. The van der Waals surface area contributed by atoms with Crippen molar-refractivity contribution in [2.24, 2.45) is 17.8 Å². The molecule has 7 atom stereocenters. The molecule has 1 aromatic carbocycles.